The van der Waals surface area contributed by atoms with E-state index in [1.54, 1.807) is 48.8 Å². The van der Waals surface area contributed by atoms with Gasteiger partial charge >= 0.3 is 0 Å². The van der Waals surface area contributed by atoms with E-state index in [1.807, 2.05) is 43.3 Å². The van der Waals surface area contributed by atoms with Crippen LogP contribution < -0.4 is 10.1 Å². The summed E-state index contributed by atoms with van der Waals surface area (Å²) in [5.41, 5.74) is 3.43. The third-order valence-corrected chi connectivity index (χ3v) is 4.10. The Bertz CT molecular complexity index is 1020. The molecule has 0 fully saturated rings. The average Bonchev–Trinajstić information content (AvgIpc) is 2.73. The van der Waals surface area contributed by atoms with Gasteiger partial charge in [-0.2, -0.15) is 5.26 Å². The number of amides is 1. The molecule has 1 amide bonds. The number of rotatable bonds is 6. The summed E-state index contributed by atoms with van der Waals surface area (Å²) in [5.74, 6) is 0.270. The van der Waals surface area contributed by atoms with Crippen molar-refractivity contribution in [1.82, 2.24) is 4.98 Å². The van der Waals surface area contributed by atoms with Crippen molar-refractivity contribution in [2.75, 3.05) is 5.32 Å². The number of hydrogen-bond acceptors (Lipinski definition) is 4. The van der Waals surface area contributed by atoms with Gasteiger partial charge in [0.15, 0.2) is 0 Å². The summed E-state index contributed by atoms with van der Waals surface area (Å²) in [4.78, 5) is 16.4. The van der Waals surface area contributed by atoms with Gasteiger partial charge in [-0.15, -0.1) is 0 Å². The second-order valence-corrected chi connectivity index (χ2v) is 6.15. The molecule has 5 nitrogen and oxygen atoms in total. The van der Waals surface area contributed by atoms with Gasteiger partial charge in [0, 0.05) is 18.1 Å². The molecular weight excluding hydrogens is 350 g/mol. The molecule has 3 rings (SSSR count). The molecule has 1 heterocycles. The third-order valence-electron chi connectivity index (χ3n) is 4.10. The predicted octanol–water partition coefficient (Wildman–Crippen LogP) is 4.51. The smallest absolute Gasteiger partial charge is 0.266 e. The summed E-state index contributed by atoms with van der Waals surface area (Å²) in [6.45, 7) is 2.34. The Morgan fingerprint density at radius 2 is 1.82 bits per heavy atom. The van der Waals surface area contributed by atoms with Crippen LogP contribution in [0.15, 0.2) is 78.6 Å². The van der Waals surface area contributed by atoms with Crippen LogP contribution in [0.1, 0.15) is 16.7 Å². The second kappa shape index (κ2) is 9.15. The molecule has 0 aliphatic heterocycles. The number of aromatic nitrogens is 1. The highest BCUT2D eigenvalue weighted by Crippen LogP contribution is 2.18. The van der Waals surface area contributed by atoms with Crippen LogP contribution in [0.2, 0.25) is 0 Å². The standard InChI is InChI=1S/C23H19N3O2/c1-17-4-2-3-5-22(17)26-23(27)20(15-24)14-18-6-8-21(9-7-18)28-16-19-10-12-25-13-11-19/h2-14H,16H2,1H3,(H,26,27)/b20-14+. The number of nitrogens with one attached hydrogen (secondary N) is 1. The fourth-order valence-corrected chi connectivity index (χ4v) is 2.52. The fraction of sp³-hybridized carbons (Fsp3) is 0.0870. The van der Waals surface area contributed by atoms with Gasteiger partial charge in [0.2, 0.25) is 0 Å². The number of anilines is 1. The van der Waals surface area contributed by atoms with Gasteiger partial charge in [0.05, 0.1) is 0 Å². The maximum absolute atomic E-state index is 12.4. The molecule has 2 aromatic carbocycles. The summed E-state index contributed by atoms with van der Waals surface area (Å²) < 4.78 is 5.73. The van der Waals surface area contributed by atoms with Crippen LogP contribution in [0.3, 0.4) is 0 Å². The number of nitriles is 1. The van der Waals surface area contributed by atoms with E-state index in [-0.39, 0.29) is 5.57 Å². The van der Waals surface area contributed by atoms with Gasteiger partial charge in [-0.25, -0.2) is 0 Å². The molecule has 0 unspecified atom stereocenters. The molecule has 3 aromatic rings. The highest BCUT2D eigenvalue weighted by molar-refractivity contribution is 6.09. The number of aryl methyl sites for hydroxylation is 1. The Morgan fingerprint density at radius 3 is 2.50 bits per heavy atom. The summed E-state index contributed by atoms with van der Waals surface area (Å²) in [7, 11) is 0. The van der Waals surface area contributed by atoms with Crippen molar-refractivity contribution in [2.24, 2.45) is 0 Å². The van der Waals surface area contributed by atoms with Gasteiger partial charge in [0.1, 0.15) is 24.0 Å². The summed E-state index contributed by atoms with van der Waals surface area (Å²) in [6, 6.07) is 20.4. The van der Waals surface area contributed by atoms with Crippen molar-refractivity contribution in [3.63, 3.8) is 0 Å². The zero-order valence-electron chi connectivity index (χ0n) is 15.4. The first-order valence-corrected chi connectivity index (χ1v) is 8.76. The minimum Gasteiger partial charge on any atom is -0.489 e. The lowest BCUT2D eigenvalue weighted by molar-refractivity contribution is -0.112. The van der Waals surface area contributed by atoms with Crippen molar-refractivity contribution >= 4 is 17.7 Å². The third kappa shape index (κ3) is 5.05. The van der Waals surface area contributed by atoms with Gasteiger partial charge < -0.3 is 10.1 Å². The number of carbonyl (C=O) groups is 1. The molecule has 0 atom stereocenters. The number of pyridine rings is 1. The van der Waals surface area contributed by atoms with E-state index >= 15 is 0 Å². The topological polar surface area (TPSA) is 75.0 Å². The van der Waals surface area contributed by atoms with Gasteiger partial charge in [-0.1, -0.05) is 30.3 Å². The van der Waals surface area contributed by atoms with Crippen LogP contribution in [-0.4, -0.2) is 10.9 Å². The number of nitrogens with zero attached hydrogens (tertiary/aromatic N) is 2. The second-order valence-electron chi connectivity index (χ2n) is 6.15. The van der Waals surface area contributed by atoms with Crippen molar-refractivity contribution in [3.05, 3.63) is 95.3 Å². The largest absolute Gasteiger partial charge is 0.489 e. The van der Waals surface area contributed by atoms with Crippen molar-refractivity contribution < 1.29 is 9.53 Å². The van der Waals surface area contributed by atoms with E-state index in [4.69, 9.17) is 4.74 Å². The highest BCUT2D eigenvalue weighted by Gasteiger charge is 2.10. The minimum atomic E-state index is -0.435. The molecule has 0 aliphatic carbocycles. The van der Waals surface area contributed by atoms with E-state index in [0.29, 0.717) is 18.0 Å². The first-order valence-electron chi connectivity index (χ1n) is 8.76. The van der Waals surface area contributed by atoms with Crippen LogP contribution in [0.4, 0.5) is 5.69 Å². The average molecular weight is 369 g/mol. The zero-order chi connectivity index (χ0) is 19.8. The monoisotopic (exact) mass is 369 g/mol. The van der Waals surface area contributed by atoms with Crippen LogP contribution in [0, 0.1) is 18.3 Å². The summed E-state index contributed by atoms with van der Waals surface area (Å²) in [5, 5.41) is 12.1. The van der Waals surface area contributed by atoms with Crippen molar-refractivity contribution in [1.29, 1.82) is 5.26 Å². The van der Waals surface area contributed by atoms with Crippen LogP contribution >= 0.6 is 0 Å². The molecule has 28 heavy (non-hydrogen) atoms. The fourth-order valence-electron chi connectivity index (χ4n) is 2.52. The molecule has 0 saturated carbocycles. The highest BCUT2D eigenvalue weighted by atomic mass is 16.5. The molecule has 138 valence electrons. The van der Waals surface area contributed by atoms with E-state index in [2.05, 4.69) is 10.3 Å². The number of hydrogen-bond donors (Lipinski definition) is 1. The molecule has 1 N–H and O–H groups in total. The SMILES string of the molecule is Cc1ccccc1NC(=O)/C(C#N)=C/c1ccc(OCc2ccncc2)cc1. The van der Waals surface area contributed by atoms with Crippen molar-refractivity contribution in [2.45, 2.75) is 13.5 Å². The zero-order valence-corrected chi connectivity index (χ0v) is 15.4. The van der Waals surface area contributed by atoms with Gasteiger partial charge in [-0.05, 0) is 60.0 Å². The molecule has 0 saturated heterocycles. The van der Waals surface area contributed by atoms with Crippen LogP contribution in [0.25, 0.3) is 6.08 Å². The molecule has 0 radical (unpaired) electrons. The van der Waals surface area contributed by atoms with Crippen LogP contribution in [-0.2, 0) is 11.4 Å². The molecule has 1 aromatic heterocycles. The number of ether oxygens (including phenoxy) is 1. The van der Waals surface area contributed by atoms with E-state index in [0.717, 1.165) is 16.7 Å². The molecule has 0 aliphatic rings. The lowest BCUT2D eigenvalue weighted by atomic mass is 10.1. The Labute approximate surface area is 163 Å². The Morgan fingerprint density at radius 1 is 1.11 bits per heavy atom. The van der Waals surface area contributed by atoms with Gasteiger partial charge in [-0.3, -0.25) is 9.78 Å². The molecule has 5 heteroatoms. The van der Waals surface area contributed by atoms with E-state index in [9.17, 15) is 10.1 Å². The predicted molar refractivity (Wildman–Crippen MR) is 108 cm³/mol. The Balaban J connectivity index is 1.66. The number of carbonyl (C=O) groups excluding carboxylic acids is 1. The molecular formula is C23H19N3O2. The molecule has 0 bridgehead atoms. The van der Waals surface area contributed by atoms with Crippen LogP contribution in [0.5, 0.6) is 5.75 Å². The quantitative estimate of drug-likeness (QED) is 0.512. The maximum atomic E-state index is 12.4. The summed E-state index contributed by atoms with van der Waals surface area (Å²) >= 11 is 0. The normalized spacial score (nSPS) is 10.8. The minimum absolute atomic E-state index is 0.0358. The lowest BCUT2D eigenvalue weighted by Gasteiger charge is -2.08. The number of benzene rings is 2. The van der Waals surface area contributed by atoms with Crippen molar-refractivity contribution in [3.8, 4) is 11.8 Å². The summed E-state index contributed by atoms with van der Waals surface area (Å²) in [6.07, 6.45) is 5.00. The lowest BCUT2D eigenvalue weighted by Crippen LogP contribution is -2.14. The maximum Gasteiger partial charge on any atom is 0.266 e. The van der Waals surface area contributed by atoms with E-state index in [1.165, 1.54) is 0 Å². The van der Waals surface area contributed by atoms with Gasteiger partial charge in [0.25, 0.3) is 5.91 Å². The first kappa shape index (κ1) is 18.9. The first-order chi connectivity index (χ1) is 13.7. The Hall–Kier alpha value is -3.91. The Kier molecular flexibility index (Phi) is 6.17. The number of para-hydroxylation sites is 1. The van der Waals surface area contributed by atoms with E-state index < -0.39 is 5.91 Å². The molecule has 0 spiro atoms.